The largest absolute Gasteiger partial charge is 0.497 e. The molecule has 5 nitrogen and oxygen atoms in total. The Morgan fingerprint density at radius 3 is 2.46 bits per heavy atom. The Bertz CT molecular complexity index is 706. The zero-order chi connectivity index (χ0) is 17.5. The zero-order valence-corrected chi connectivity index (χ0v) is 14.9. The fourth-order valence-electron chi connectivity index (χ4n) is 2.17. The van der Waals surface area contributed by atoms with Crippen LogP contribution in [0.3, 0.4) is 0 Å². The normalized spacial score (nSPS) is 10.3. The number of ether oxygens (including phenoxy) is 2. The molecule has 0 aliphatic heterocycles. The van der Waals surface area contributed by atoms with Crippen molar-refractivity contribution in [1.29, 1.82) is 0 Å². The molecular weight excluding hydrogens is 326 g/mol. The second-order valence-electron chi connectivity index (χ2n) is 5.10. The minimum atomic E-state index is -0.409. The van der Waals surface area contributed by atoms with Crippen LogP contribution < -0.4 is 10.1 Å². The molecule has 1 heterocycles. The van der Waals surface area contributed by atoms with Gasteiger partial charge in [-0.15, -0.1) is 11.3 Å². The first-order chi connectivity index (χ1) is 11.6. The number of methoxy groups -OCH3 is 1. The van der Waals surface area contributed by atoms with E-state index in [0.717, 1.165) is 22.6 Å². The summed E-state index contributed by atoms with van der Waals surface area (Å²) in [6.07, 6.45) is 1.02. The topological polar surface area (TPSA) is 64.6 Å². The Morgan fingerprint density at radius 1 is 1.17 bits per heavy atom. The van der Waals surface area contributed by atoms with Gasteiger partial charge in [-0.2, -0.15) is 0 Å². The summed E-state index contributed by atoms with van der Waals surface area (Å²) in [5.74, 6) is 0.165. The molecule has 2 aromatic rings. The van der Waals surface area contributed by atoms with Crippen molar-refractivity contribution in [3.63, 3.8) is 0 Å². The number of hydrogen-bond acceptors (Lipinski definition) is 5. The number of carbonyl (C=O) groups excluding carboxylic acids is 2. The Labute approximate surface area is 145 Å². The zero-order valence-electron chi connectivity index (χ0n) is 14.0. The van der Waals surface area contributed by atoms with E-state index in [0.29, 0.717) is 17.2 Å². The van der Waals surface area contributed by atoms with Crippen molar-refractivity contribution in [2.45, 2.75) is 26.7 Å². The van der Waals surface area contributed by atoms with E-state index in [1.165, 1.54) is 11.3 Å². The van der Waals surface area contributed by atoms with Gasteiger partial charge in [0.15, 0.2) is 0 Å². The van der Waals surface area contributed by atoms with Crippen molar-refractivity contribution in [2.24, 2.45) is 0 Å². The highest BCUT2D eigenvalue weighted by Gasteiger charge is 2.18. The van der Waals surface area contributed by atoms with Crippen LogP contribution in [0.5, 0.6) is 5.75 Å². The van der Waals surface area contributed by atoms with Gasteiger partial charge in [0.2, 0.25) is 5.91 Å². The molecule has 0 saturated heterocycles. The average Bonchev–Trinajstić information content (AvgIpc) is 2.98. The van der Waals surface area contributed by atoms with Gasteiger partial charge >= 0.3 is 5.97 Å². The van der Waals surface area contributed by atoms with E-state index in [2.05, 4.69) is 5.32 Å². The predicted molar refractivity (Wildman–Crippen MR) is 95.0 cm³/mol. The SMILES string of the molecule is CCOC(=O)c1cc(CC)sc1NC(=O)Cc1ccc(OC)cc1. The number of rotatable bonds is 7. The fourth-order valence-corrected chi connectivity index (χ4v) is 3.17. The van der Waals surface area contributed by atoms with Gasteiger partial charge in [-0.25, -0.2) is 4.79 Å². The molecule has 24 heavy (non-hydrogen) atoms. The highest BCUT2D eigenvalue weighted by Crippen LogP contribution is 2.29. The molecule has 6 heteroatoms. The van der Waals surface area contributed by atoms with Gasteiger partial charge in [0.05, 0.1) is 25.7 Å². The number of hydrogen-bond donors (Lipinski definition) is 1. The number of benzene rings is 1. The van der Waals surface area contributed by atoms with E-state index in [1.807, 2.05) is 31.2 Å². The number of amides is 1. The molecule has 1 N–H and O–H groups in total. The standard InChI is InChI=1S/C18H21NO4S/c1-4-14-11-15(18(21)23-5-2)17(24-14)19-16(20)10-12-6-8-13(22-3)9-7-12/h6-9,11H,4-5,10H2,1-3H3,(H,19,20). The second-order valence-corrected chi connectivity index (χ2v) is 6.24. The van der Waals surface area contributed by atoms with Crippen LogP contribution in [0, 0.1) is 0 Å². The van der Waals surface area contributed by atoms with Crippen LogP contribution in [0.4, 0.5) is 5.00 Å². The van der Waals surface area contributed by atoms with Gasteiger partial charge < -0.3 is 14.8 Å². The molecule has 1 amide bonds. The van der Waals surface area contributed by atoms with Crippen LogP contribution in [0.2, 0.25) is 0 Å². The number of anilines is 1. The van der Waals surface area contributed by atoms with E-state index in [1.54, 1.807) is 20.1 Å². The molecule has 0 bridgehead atoms. The van der Waals surface area contributed by atoms with E-state index in [4.69, 9.17) is 9.47 Å². The summed E-state index contributed by atoms with van der Waals surface area (Å²) < 4.78 is 10.2. The van der Waals surface area contributed by atoms with Gasteiger partial charge in [0, 0.05) is 4.88 Å². The van der Waals surface area contributed by atoms with Crippen molar-refractivity contribution >= 4 is 28.2 Å². The third kappa shape index (κ3) is 4.58. The number of esters is 1. The highest BCUT2D eigenvalue weighted by atomic mass is 32.1. The maximum atomic E-state index is 12.3. The summed E-state index contributed by atoms with van der Waals surface area (Å²) in [5, 5.41) is 3.37. The van der Waals surface area contributed by atoms with Crippen LogP contribution in [-0.4, -0.2) is 25.6 Å². The number of carbonyl (C=O) groups is 2. The maximum absolute atomic E-state index is 12.3. The van der Waals surface area contributed by atoms with Crippen LogP contribution in [0.15, 0.2) is 30.3 Å². The molecular formula is C18H21NO4S. The second kappa shape index (κ2) is 8.49. The summed E-state index contributed by atoms with van der Waals surface area (Å²) in [4.78, 5) is 25.3. The lowest BCUT2D eigenvalue weighted by Crippen LogP contribution is -2.16. The van der Waals surface area contributed by atoms with Crippen molar-refractivity contribution in [1.82, 2.24) is 0 Å². The first kappa shape index (κ1) is 18.0. The minimum Gasteiger partial charge on any atom is -0.497 e. The highest BCUT2D eigenvalue weighted by molar-refractivity contribution is 7.16. The Hall–Kier alpha value is -2.34. The van der Waals surface area contributed by atoms with Crippen molar-refractivity contribution < 1.29 is 19.1 Å². The number of nitrogens with one attached hydrogen (secondary N) is 1. The Kier molecular flexibility index (Phi) is 6.37. The van der Waals surface area contributed by atoms with Gasteiger partial charge in [0.1, 0.15) is 10.8 Å². The fraction of sp³-hybridized carbons (Fsp3) is 0.333. The van der Waals surface area contributed by atoms with E-state index >= 15 is 0 Å². The van der Waals surface area contributed by atoms with Crippen molar-refractivity contribution in [2.75, 3.05) is 19.0 Å². The molecule has 1 aromatic carbocycles. The quantitative estimate of drug-likeness (QED) is 0.776. The van der Waals surface area contributed by atoms with E-state index < -0.39 is 5.97 Å². The van der Waals surface area contributed by atoms with Crippen LogP contribution in [-0.2, 0) is 22.4 Å². The van der Waals surface area contributed by atoms with Gasteiger partial charge in [0.25, 0.3) is 0 Å². The lowest BCUT2D eigenvalue weighted by Gasteiger charge is -2.07. The van der Waals surface area contributed by atoms with Crippen LogP contribution in [0.25, 0.3) is 0 Å². The first-order valence-corrected chi connectivity index (χ1v) is 8.61. The monoisotopic (exact) mass is 347 g/mol. The average molecular weight is 347 g/mol. The van der Waals surface area contributed by atoms with Gasteiger partial charge in [-0.1, -0.05) is 19.1 Å². The molecule has 128 valence electrons. The lowest BCUT2D eigenvalue weighted by molar-refractivity contribution is -0.115. The molecule has 0 unspecified atom stereocenters. The summed E-state index contributed by atoms with van der Waals surface area (Å²) in [6, 6.07) is 9.10. The van der Waals surface area contributed by atoms with Crippen LogP contribution in [0.1, 0.15) is 34.6 Å². The third-order valence-corrected chi connectivity index (χ3v) is 4.60. The molecule has 0 saturated carbocycles. The Balaban J connectivity index is 2.09. The summed E-state index contributed by atoms with van der Waals surface area (Å²) in [6.45, 7) is 4.06. The number of thiophene rings is 1. The molecule has 0 aliphatic carbocycles. The molecule has 0 radical (unpaired) electrons. The summed E-state index contributed by atoms with van der Waals surface area (Å²) >= 11 is 1.41. The minimum absolute atomic E-state index is 0.171. The third-order valence-electron chi connectivity index (χ3n) is 3.40. The molecule has 1 aromatic heterocycles. The molecule has 0 spiro atoms. The molecule has 0 fully saturated rings. The van der Waals surface area contributed by atoms with Crippen molar-refractivity contribution in [3.05, 3.63) is 46.3 Å². The van der Waals surface area contributed by atoms with Gasteiger partial charge in [-0.3, -0.25) is 4.79 Å². The smallest absolute Gasteiger partial charge is 0.341 e. The summed E-state index contributed by atoms with van der Waals surface area (Å²) in [7, 11) is 1.60. The molecule has 0 aliphatic rings. The van der Waals surface area contributed by atoms with E-state index in [9.17, 15) is 9.59 Å². The van der Waals surface area contributed by atoms with Crippen molar-refractivity contribution in [3.8, 4) is 5.75 Å². The maximum Gasteiger partial charge on any atom is 0.341 e. The lowest BCUT2D eigenvalue weighted by atomic mass is 10.1. The van der Waals surface area contributed by atoms with Gasteiger partial charge in [-0.05, 0) is 37.1 Å². The van der Waals surface area contributed by atoms with Crippen LogP contribution >= 0.6 is 11.3 Å². The first-order valence-electron chi connectivity index (χ1n) is 7.80. The predicted octanol–water partition coefficient (Wildman–Crippen LogP) is 3.68. The summed E-state index contributed by atoms with van der Waals surface area (Å²) in [5.41, 5.74) is 1.29. The van der Waals surface area contributed by atoms with E-state index in [-0.39, 0.29) is 12.3 Å². The number of aryl methyl sites for hydroxylation is 1. The molecule has 0 atom stereocenters. The Morgan fingerprint density at radius 2 is 1.88 bits per heavy atom. The molecule has 2 rings (SSSR count).